The van der Waals surface area contributed by atoms with Gasteiger partial charge in [-0.3, -0.25) is 24.5 Å². The minimum Gasteiger partial charge on any atom is -0.493 e. The SMILES string of the molecule is CCOc1cc(C(C)(C)C)ncc1C1=N[C@@](C)(c2ccc(Cl)cc2)[C@@](C)(c2ccc(Cl)cc2)N1C(=O)N1C[C@@H]2C(C(=O)OCC(N)=O)[C@@H]2C1. The lowest BCUT2D eigenvalue weighted by Gasteiger charge is -2.46. The Morgan fingerprint density at radius 3 is 2.06 bits per heavy atom. The average Bonchev–Trinajstić information content (AvgIpc) is 3.43. The van der Waals surface area contributed by atoms with Crippen molar-refractivity contribution >= 4 is 46.9 Å². The van der Waals surface area contributed by atoms with Gasteiger partial charge in [0.2, 0.25) is 0 Å². The Morgan fingerprint density at radius 2 is 1.53 bits per heavy atom. The molecular weight excluding hydrogens is 665 g/mol. The number of carbonyl (C=O) groups excluding carboxylic acids is 3. The Labute approximate surface area is 296 Å². The third-order valence-electron chi connectivity index (χ3n) is 10.2. The van der Waals surface area contributed by atoms with Crippen LogP contribution in [0.5, 0.6) is 5.75 Å². The highest BCUT2D eigenvalue weighted by Crippen LogP contribution is 2.56. The molecule has 1 aromatic heterocycles. The van der Waals surface area contributed by atoms with Crippen LogP contribution in [0.15, 0.2) is 65.8 Å². The molecule has 1 saturated heterocycles. The van der Waals surface area contributed by atoms with Crippen molar-refractivity contribution in [2.24, 2.45) is 28.5 Å². The first-order valence-electron chi connectivity index (χ1n) is 16.4. The van der Waals surface area contributed by atoms with E-state index in [2.05, 4.69) is 20.8 Å². The van der Waals surface area contributed by atoms with Crippen molar-refractivity contribution < 1.29 is 23.9 Å². The Balaban J connectivity index is 1.49. The maximum atomic E-state index is 15.1. The molecule has 10 nitrogen and oxygen atoms in total. The number of likely N-dealkylation sites (tertiary alicyclic amines) is 1. The van der Waals surface area contributed by atoms with E-state index in [-0.39, 0.29) is 29.2 Å². The van der Waals surface area contributed by atoms with Gasteiger partial charge in [0.25, 0.3) is 5.91 Å². The minimum atomic E-state index is -1.09. The van der Waals surface area contributed by atoms with Gasteiger partial charge in [-0.15, -0.1) is 0 Å². The molecule has 2 fully saturated rings. The number of fused-ring (bicyclic) bond motifs is 1. The van der Waals surface area contributed by atoms with Crippen LogP contribution >= 0.6 is 23.2 Å². The summed E-state index contributed by atoms with van der Waals surface area (Å²) in [4.78, 5) is 52.8. The Morgan fingerprint density at radius 1 is 0.959 bits per heavy atom. The Bertz CT molecular complexity index is 1810. The van der Waals surface area contributed by atoms with Crippen LogP contribution in [0, 0.1) is 17.8 Å². The molecule has 5 atom stereocenters. The normalized spacial score (nSPS) is 25.9. The number of amides is 3. The molecule has 6 rings (SSSR count). The van der Waals surface area contributed by atoms with Crippen molar-refractivity contribution in [2.75, 3.05) is 26.3 Å². The number of pyridine rings is 1. The van der Waals surface area contributed by atoms with Crippen LogP contribution in [0.2, 0.25) is 10.0 Å². The average molecular weight is 707 g/mol. The van der Waals surface area contributed by atoms with Crippen molar-refractivity contribution in [3.63, 3.8) is 0 Å². The molecule has 49 heavy (non-hydrogen) atoms. The number of piperidine rings is 1. The first-order valence-corrected chi connectivity index (χ1v) is 17.2. The zero-order chi connectivity index (χ0) is 35.5. The van der Waals surface area contributed by atoms with Crippen LogP contribution in [0.4, 0.5) is 4.79 Å². The minimum absolute atomic E-state index is 0.0801. The molecule has 2 aliphatic heterocycles. The summed E-state index contributed by atoms with van der Waals surface area (Å²) in [6.45, 7) is 12.8. The quantitative estimate of drug-likeness (QED) is 0.274. The molecular formula is C37H41Cl2N5O5. The van der Waals surface area contributed by atoms with Crippen LogP contribution in [-0.4, -0.2) is 64.8 Å². The van der Waals surface area contributed by atoms with Gasteiger partial charge >= 0.3 is 12.0 Å². The molecule has 12 heteroatoms. The number of primary amides is 1. The van der Waals surface area contributed by atoms with Crippen LogP contribution in [0.3, 0.4) is 0 Å². The van der Waals surface area contributed by atoms with Crippen molar-refractivity contribution in [3.05, 3.63) is 93.2 Å². The summed E-state index contributed by atoms with van der Waals surface area (Å²) in [5, 5.41) is 1.14. The second-order valence-corrected chi connectivity index (χ2v) is 15.2. The Kier molecular flexibility index (Phi) is 8.94. The van der Waals surface area contributed by atoms with E-state index >= 15 is 4.79 Å². The van der Waals surface area contributed by atoms with Gasteiger partial charge in [-0.25, -0.2) is 4.79 Å². The summed E-state index contributed by atoms with van der Waals surface area (Å²) >= 11 is 12.7. The molecule has 1 saturated carbocycles. The Hall–Kier alpha value is -4.15. The zero-order valence-electron chi connectivity index (χ0n) is 28.5. The maximum Gasteiger partial charge on any atom is 0.326 e. The monoisotopic (exact) mass is 705 g/mol. The number of hydrogen-bond acceptors (Lipinski definition) is 7. The highest BCUT2D eigenvalue weighted by molar-refractivity contribution is 6.30. The van der Waals surface area contributed by atoms with Gasteiger partial charge in [0.1, 0.15) is 22.7 Å². The first kappa shape index (κ1) is 34.7. The van der Waals surface area contributed by atoms with Crippen LogP contribution in [0.1, 0.15) is 63.9 Å². The number of ether oxygens (including phenoxy) is 2. The highest BCUT2D eigenvalue weighted by Gasteiger charge is 2.65. The van der Waals surface area contributed by atoms with E-state index in [0.29, 0.717) is 46.9 Å². The van der Waals surface area contributed by atoms with Crippen molar-refractivity contribution in [1.29, 1.82) is 0 Å². The number of aromatic nitrogens is 1. The molecule has 0 bridgehead atoms. The number of benzene rings is 2. The lowest BCUT2D eigenvalue weighted by molar-refractivity contribution is -0.150. The summed E-state index contributed by atoms with van der Waals surface area (Å²) in [5.41, 5.74) is 5.89. The number of hydrogen-bond donors (Lipinski definition) is 1. The smallest absolute Gasteiger partial charge is 0.326 e. The van der Waals surface area contributed by atoms with Crippen molar-refractivity contribution in [1.82, 2.24) is 14.8 Å². The number of rotatable bonds is 8. The number of nitrogens with zero attached hydrogens (tertiary/aromatic N) is 4. The van der Waals surface area contributed by atoms with Gasteiger partial charge in [0.05, 0.1) is 18.1 Å². The van der Waals surface area contributed by atoms with E-state index in [4.69, 9.17) is 48.4 Å². The summed E-state index contributed by atoms with van der Waals surface area (Å²) in [6.07, 6.45) is 1.74. The third-order valence-corrected chi connectivity index (χ3v) is 10.7. The number of aliphatic imine (C=N–C) groups is 1. The van der Waals surface area contributed by atoms with Crippen molar-refractivity contribution in [3.8, 4) is 5.75 Å². The molecule has 2 N–H and O–H groups in total. The molecule has 258 valence electrons. The fourth-order valence-corrected chi connectivity index (χ4v) is 7.52. The lowest BCUT2D eigenvalue weighted by atomic mass is 9.71. The van der Waals surface area contributed by atoms with E-state index in [0.717, 1.165) is 16.8 Å². The maximum absolute atomic E-state index is 15.1. The molecule has 3 aliphatic rings. The molecule has 2 aromatic carbocycles. The van der Waals surface area contributed by atoms with E-state index in [1.165, 1.54) is 0 Å². The number of esters is 1. The molecule has 0 spiro atoms. The number of amidine groups is 1. The molecule has 3 amide bonds. The summed E-state index contributed by atoms with van der Waals surface area (Å²) in [7, 11) is 0. The number of nitrogens with two attached hydrogens (primary N) is 1. The number of urea groups is 1. The zero-order valence-corrected chi connectivity index (χ0v) is 30.0. The van der Waals surface area contributed by atoms with E-state index in [1.54, 1.807) is 16.0 Å². The molecule has 1 unspecified atom stereocenters. The molecule has 0 radical (unpaired) electrons. The topological polar surface area (TPSA) is 127 Å². The number of halogens is 2. The van der Waals surface area contributed by atoms with Crippen LogP contribution in [0.25, 0.3) is 0 Å². The fourth-order valence-electron chi connectivity index (χ4n) is 7.27. The van der Waals surface area contributed by atoms with Gasteiger partial charge < -0.3 is 20.1 Å². The summed E-state index contributed by atoms with van der Waals surface area (Å²) in [6, 6.07) is 16.6. The molecule has 1 aliphatic carbocycles. The predicted molar refractivity (Wildman–Crippen MR) is 188 cm³/mol. The van der Waals surface area contributed by atoms with Gasteiger partial charge in [-0.05, 0) is 68.0 Å². The second-order valence-electron chi connectivity index (χ2n) is 14.3. The number of carbonyl (C=O) groups is 3. The summed E-state index contributed by atoms with van der Waals surface area (Å²) in [5.74, 6) is -0.730. The van der Waals surface area contributed by atoms with E-state index in [1.807, 2.05) is 75.4 Å². The second kappa shape index (κ2) is 12.6. The van der Waals surface area contributed by atoms with E-state index < -0.39 is 29.6 Å². The van der Waals surface area contributed by atoms with Gasteiger partial charge in [0, 0.05) is 46.5 Å². The largest absolute Gasteiger partial charge is 0.493 e. The molecule has 3 heterocycles. The van der Waals surface area contributed by atoms with Crippen LogP contribution in [-0.2, 0) is 30.8 Å². The fraction of sp³-hybridized carbons (Fsp3) is 0.432. The lowest BCUT2D eigenvalue weighted by Crippen LogP contribution is -2.58. The first-order chi connectivity index (χ1) is 23.1. The van der Waals surface area contributed by atoms with Crippen LogP contribution < -0.4 is 10.5 Å². The standard InChI is InChI=1S/C37H41Cl2N5O5/c1-7-48-28-16-29(35(2,3)4)41-17-25(28)32-42-36(5,21-8-12-23(38)13-9-21)37(6,22-10-14-24(39)15-11-22)44(32)34(47)43-18-26-27(19-43)31(26)33(46)49-20-30(40)45/h8-17,26-27,31H,7,18-20H2,1-6H3,(H2,40,45)/t26-,27+,31?,36-,37+/m0/s1. The van der Waals surface area contributed by atoms with Gasteiger partial charge in [0.15, 0.2) is 6.61 Å². The van der Waals surface area contributed by atoms with E-state index in [9.17, 15) is 9.59 Å². The van der Waals surface area contributed by atoms with Crippen molar-refractivity contribution in [2.45, 2.75) is 58.0 Å². The molecule has 3 aromatic rings. The van der Waals surface area contributed by atoms with Gasteiger partial charge in [-0.2, -0.15) is 0 Å². The highest BCUT2D eigenvalue weighted by atomic mass is 35.5. The predicted octanol–water partition coefficient (Wildman–Crippen LogP) is 6.30. The summed E-state index contributed by atoms with van der Waals surface area (Å²) < 4.78 is 11.3. The van der Waals surface area contributed by atoms with Gasteiger partial charge in [-0.1, -0.05) is 68.2 Å². The third kappa shape index (κ3) is 6.03.